The predicted octanol–water partition coefficient (Wildman–Crippen LogP) is 2.78. The van der Waals surface area contributed by atoms with Crippen molar-refractivity contribution in [1.29, 1.82) is 0 Å². The summed E-state index contributed by atoms with van der Waals surface area (Å²) in [5, 5.41) is 3.65. The van der Waals surface area contributed by atoms with E-state index >= 15 is 0 Å². The minimum absolute atomic E-state index is 0.174. The largest absolute Gasteiger partial charge is 0.493 e. The molecule has 1 aromatic heterocycles. The second-order valence-corrected chi connectivity index (χ2v) is 8.61. The van der Waals surface area contributed by atoms with Crippen LogP contribution in [0.4, 0.5) is 5.95 Å². The number of nitrogens with zero attached hydrogens (tertiary/aromatic N) is 5. The van der Waals surface area contributed by atoms with Gasteiger partial charge in [0.1, 0.15) is 6.17 Å². The molecule has 9 nitrogen and oxygen atoms in total. The summed E-state index contributed by atoms with van der Waals surface area (Å²) in [7, 11) is 3.30. The maximum atomic E-state index is 5.86. The summed E-state index contributed by atoms with van der Waals surface area (Å²) in [4.78, 5) is 14.4. The number of nitrogens with one attached hydrogen (secondary N) is 1. The van der Waals surface area contributed by atoms with Crippen molar-refractivity contribution in [3.8, 4) is 11.5 Å². The quantitative estimate of drug-likeness (QED) is 0.643. The summed E-state index contributed by atoms with van der Waals surface area (Å²) in [5.41, 5.74) is 3.06. The number of hydrogen-bond acceptors (Lipinski definition) is 8. The average Bonchev–Trinajstić information content (AvgIpc) is 3.51. The number of aromatic nitrogens is 2. The first-order chi connectivity index (χ1) is 16.2. The predicted molar refractivity (Wildman–Crippen MR) is 126 cm³/mol. The summed E-state index contributed by atoms with van der Waals surface area (Å²) < 4.78 is 19.1. The number of guanidine groups is 1. The molecule has 3 aliphatic rings. The van der Waals surface area contributed by atoms with Crippen LogP contribution < -0.4 is 19.7 Å². The van der Waals surface area contributed by atoms with Gasteiger partial charge in [-0.3, -0.25) is 14.4 Å². The van der Waals surface area contributed by atoms with Crippen molar-refractivity contribution in [3.63, 3.8) is 0 Å². The number of aliphatic imine (C=N–C) groups is 1. The first-order valence-corrected chi connectivity index (χ1v) is 11.4. The van der Waals surface area contributed by atoms with Crippen molar-refractivity contribution in [3.05, 3.63) is 48.0 Å². The molecule has 1 N–H and O–H groups in total. The van der Waals surface area contributed by atoms with E-state index in [-0.39, 0.29) is 12.3 Å². The molecule has 0 radical (unpaired) electrons. The number of rotatable bonds is 5. The SMILES string of the molecule is COc1ccc(C2NC3=NCN(CC4CCCO4)CN3c3nc4ccccc4n32)cc1OC. The van der Waals surface area contributed by atoms with Gasteiger partial charge in [-0.2, -0.15) is 0 Å². The first-order valence-electron chi connectivity index (χ1n) is 11.4. The lowest BCUT2D eigenvalue weighted by molar-refractivity contribution is 0.0732. The van der Waals surface area contributed by atoms with E-state index in [4.69, 9.17) is 24.2 Å². The van der Waals surface area contributed by atoms with Gasteiger partial charge in [-0.15, -0.1) is 0 Å². The Morgan fingerprint density at radius 1 is 1.12 bits per heavy atom. The lowest BCUT2D eigenvalue weighted by Crippen LogP contribution is -2.58. The zero-order chi connectivity index (χ0) is 22.4. The number of fused-ring (bicyclic) bond motifs is 5. The van der Waals surface area contributed by atoms with Gasteiger partial charge in [0.15, 0.2) is 11.5 Å². The second kappa shape index (κ2) is 8.24. The van der Waals surface area contributed by atoms with E-state index in [0.29, 0.717) is 24.8 Å². The Kier molecular flexibility index (Phi) is 5.07. The van der Waals surface area contributed by atoms with Crippen molar-refractivity contribution in [1.82, 2.24) is 19.8 Å². The van der Waals surface area contributed by atoms with Gasteiger partial charge >= 0.3 is 0 Å². The Morgan fingerprint density at radius 2 is 2.00 bits per heavy atom. The van der Waals surface area contributed by atoms with E-state index in [9.17, 15) is 0 Å². The Balaban J connectivity index is 1.41. The number of imidazole rings is 1. The molecule has 9 heteroatoms. The highest BCUT2D eigenvalue weighted by Crippen LogP contribution is 2.37. The number of ether oxygens (including phenoxy) is 3. The molecule has 2 unspecified atom stereocenters. The van der Waals surface area contributed by atoms with Gasteiger partial charge in [-0.1, -0.05) is 18.2 Å². The molecular formula is C24H28N6O3. The number of methoxy groups -OCH3 is 2. The number of hydrogen-bond donors (Lipinski definition) is 1. The van der Waals surface area contributed by atoms with Crippen molar-refractivity contribution in [2.75, 3.05) is 45.6 Å². The van der Waals surface area contributed by atoms with E-state index in [1.807, 2.05) is 24.3 Å². The monoisotopic (exact) mass is 448 g/mol. The highest BCUT2D eigenvalue weighted by Gasteiger charge is 2.36. The zero-order valence-corrected chi connectivity index (χ0v) is 18.9. The molecule has 172 valence electrons. The highest BCUT2D eigenvalue weighted by atomic mass is 16.5. The summed E-state index contributed by atoms with van der Waals surface area (Å²) >= 11 is 0. The number of benzene rings is 2. The molecule has 0 saturated carbocycles. The molecule has 3 aliphatic heterocycles. The van der Waals surface area contributed by atoms with Gasteiger partial charge in [0.2, 0.25) is 11.9 Å². The van der Waals surface area contributed by atoms with Gasteiger partial charge in [0, 0.05) is 13.2 Å². The Morgan fingerprint density at radius 3 is 2.82 bits per heavy atom. The molecule has 33 heavy (non-hydrogen) atoms. The summed E-state index contributed by atoms with van der Waals surface area (Å²) in [6.07, 6.45) is 2.37. The first kappa shape index (κ1) is 20.3. The Labute approximate surface area is 192 Å². The minimum Gasteiger partial charge on any atom is -0.493 e. The van der Waals surface area contributed by atoms with Crippen LogP contribution >= 0.6 is 0 Å². The van der Waals surface area contributed by atoms with Crippen molar-refractivity contribution < 1.29 is 14.2 Å². The lowest BCUT2D eigenvalue weighted by atomic mass is 10.1. The van der Waals surface area contributed by atoms with E-state index in [2.05, 4.69) is 37.9 Å². The van der Waals surface area contributed by atoms with E-state index in [1.54, 1.807) is 14.2 Å². The van der Waals surface area contributed by atoms with Crippen LogP contribution in [0.3, 0.4) is 0 Å². The fourth-order valence-corrected chi connectivity index (χ4v) is 4.96. The maximum absolute atomic E-state index is 5.86. The van der Waals surface area contributed by atoms with Gasteiger partial charge in [0.05, 0.1) is 44.7 Å². The Hall–Kier alpha value is -3.30. The molecule has 3 aromatic rings. The molecule has 4 heterocycles. The van der Waals surface area contributed by atoms with Crippen LogP contribution in [0, 0.1) is 0 Å². The van der Waals surface area contributed by atoms with Crippen molar-refractivity contribution >= 4 is 22.9 Å². The van der Waals surface area contributed by atoms with Crippen molar-refractivity contribution in [2.24, 2.45) is 4.99 Å². The minimum atomic E-state index is -0.174. The third-order valence-corrected chi connectivity index (χ3v) is 6.57. The molecule has 6 rings (SSSR count). The second-order valence-electron chi connectivity index (χ2n) is 8.61. The molecule has 1 saturated heterocycles. The number of para-hydroxylation sites is 2. The zero-order valence-electron chi connectivity index (χ0n) is 18.9. The van der Waals surface area contributed by atoms with Crippen LogP contribution in [0.25, 0.3) is 11.0 Å². The van der Waals surface area contributed by atoms with E-state index in [1.165, 1.54) is 0 Å². The third-order valence-electron chi connectivity index (χ3n) is 6.57. The molecule has 1 fully saturated rings. The van der Waals surface area contributed by atoms with Crippen LogP contribution in [-0.2, 0) is 4.74 Å². The van der Waals surface area contributed by atoms with Gasteiger partial charge in [-0.25, -0.2) is 9.98 Å². The summed E-state index contributed by atoms with van der Waals surface area (Å²) in [6.45, 7) is 3.10. The molecule has 2 aromatic carbocycles. The maximum Gasteiger partial charge on any atom is 0.216 e. The third kappa shape index (κ3) is 3.48. The van der Waals surface area contributed by atoms with Crippen LogP contribution in [0.5, 0.6) is 11.5 Å². The highest BCUT2D eigenvalue weighted by molar-refractivity contribution is 5.98. The molecule has 0 amide bonds. The van der Waals surface area contributed by atoms with Gasteiger partial charge in [-0.05, 0) is 42.7 Å². The smallest absolute Gasteiger partial charge is 0.216 e. The molecule has 2 atom stereocenters. The summed E-state index contributed by atoms with van der Waals surface area (Å²) in [6, 6.07) is 14.2. The fraction of sp³-hybridized carbons (Fsp3) is 0.417. The van der Waals surface area contributed by atoms with Crippen LogP contribution in [0.2, 0.25) is 0 Å². The van der Waals surface area contributed by atoms with Crippen LogP contribution in [0.1, 0.15) is 24.6 Å². The number of anilines is 1. The van der Waals surface area contributed by atoms with E-state index < -0.39 is 0 Å². The Bertz CT molecular complexity index is 1200. The average molecular weight is 449 g/mol. The normalized spacial score (nSPS) is 22.5. The van der Waals surface area contributed by atoms with Gasteiger partial charge in [0.25, 0.3) is 0 Å². The molecule has 0 spiro atoms. The topological polar surface area (TPSA) is 76.4 Å². The molecular weight excluding hydrogens is 420 g/mol. The molecule has 0 bridgehead atoms. The van der Waals surface area contributed by atoms with Crippen LogP contribution in [0.15, 0.2) is 47.5 Å². The lowest BCUT2D eigenvalue weighted by Gasteiger charge is -2.42. The van der Waals surface area contributed by atoms with Crippen molar-refractivity contribution in [2.45, 2.75) is 25.1 Å². The van der Waals surface area contributed by atoms with Gasteiger partial charge < -0.3 is 19.5 Å². The summed E-state index contributed by atoms with van der Waals surface area (Å²) in [5.74, 6) is 3.11. The standard InChI is InChI=1S/C24H28N6O3/c1-31-20-10-9-16(12-21(20)32-2)22-27-23-25-14-28(13-17-6-5-11-33-17)15-29(23)24-26-18-7-3-4-8-19(18)30(22)24/h3-4,7-10,12,17,22H,5-6,11,13-15H2,1-2H3,(H,25,27). The molecule has 0 aliphatic carbocycles. The van der Waals surface area contributed by atoms with Crippen LogP contribution in [-0.4, -0.2) is 67.2 Å². The fourth-order valence-electron chi connectivity index (χ4n) is 4.96. The van der Waals surface area contributed by atoms with E-state index in [0.717, 1.165) is 54.5 Å².